The normalized spacial score (nSPS) is 14.8. The van der Waals surface area contributed by atoms with Crippen molar-refractivity contribution in [2.75, 3.05) is 0 Å². The van der Waals surface area contributed by atoms with E-state index in [1.165, 1.54) is 0 Å². The van der Waals surface area contributed by atoms with Crippen molar-refractivity contribution in [2.45, 2.75) is 63.7 Å². The molecule has 0 bridgehead atoms. The highest BCUT2D eigenvalue weighted by Gasteiger charge is 2.36. The molecule has 1 aromatic rings. The van der Waals surface area contributed by atoms with Gasteiger partial charge in [-0.3, -0.25) is 4.79 Å². The van der Waals surface area contributed by atoms with Crippen molar-refractivity contribution in [1.29, 1.82) is 0 Å². The third-order valence-electron chi connectivity index (χ3n) is 2.95. The summed E-state index contributed by atoms with van der Waals surface area (Å²) >= 11 is 0.954. The highest BCUT2D eigenvalue weighted by atomic mass is 32.2. The molecule has 1 heterocycles. The summed E-state index contributed by atoms with van der Waals surface area (Å²) in [5, 5.41) is 9.94. The molecule has 0 spiro atoms. The van der Waals surface area contributed by atoms with Crippen molar-refractivity contribution in [3.63, 3.8) is 0 Å². The number of hydrogen-bond donors (Lipinski definition) is 2. The lowest BCUT2D eigenvalue weighted by atomic mass is 10.0. The van der Waals surface area contributed by atoms with Crippen LogP contribution >= 0.6 is 11.8 Å². The van der Waals surface area contributed by atoms with Crippen molar-refractivity contribution < 1.29 is 28.2 Å². The molecule has 1 rings (SSSR count). The summed E-state index contributed by atoms with van der Waals surface area (Å²) in [5.74, 6) is -0.914. The zero-order valence-corrected chi connectivity index (χ0v) is 14.6. The third kappa shape index (κ3) is 6.02. The van der Waals surface area contributed by atoms with Gasteiger partial charge in [0, 0.05) is 4.75 Å². The average molecular weight is 349 g/mol. The summed E-state index contributed by atoms with van der Waals surface area (Å²) in [4.78, 5) is 22.8. The molecular formula is C14H23NO7S. The highest BCUT2D eigenvalue weighted by molar-refractivity contribution is 8.01. The molecule has 0 aliphatic carbocycles. The van der Waals surface area contributed by atoms with E-state index in [0.717, 1.165) is 11.8 Å². The van der Waals surface area contributed by atoms with E-state index < -0.39 is 28.2 Å². The van der Waals surface area contributed by atoms with Crippen LogP contribution in [0, 0.1) is 6.92 Å². The number of aliphatic hydroxyl groups excluding tert-OH is 1. The van der Waals surface area contributed by atoms with E-state index >= 15 is 0 Å². The van der Waals surface area contributed by atoms with Crippen LogP contribution in [0.2, 0.25) is 0 Å². The molecule has 1 aromatic heterocycles. The topological polar surface area (TPSA) is 125 Å². The number of esters is 1. The van der Waals surface area contributed by atoms with Gasteiger partial charge in [0.05, 0.1) is 6.10 Å². The van der Waals surface area contributed by atoms with Crippen molar-refractivity contribution >= 4 is 17.7 Å². The number of rotatable bonds is 8. The molecule has 0 aliphatic rings. The van der Waals surface area contributed by atoms with Gasteiger partial charge in [0.25, 0.3) is 0 Å². The Bertz CT molecular complexity index is 578. The first kappa shape index (κ1) is 19.8. The Morgan fingerprint density at radius 2 is 2.00 bits per heavy atom. The second-order valence-corrected chi connectivity index (χ2v) is 7.43. The maximum atomic E-state index is 11.9. The van der Waals surface area contributed by atoms with Gasteiger partial charge in [-0.1, -0.05) is 11.8 Å². The van der Waals surface area contributed by atoms with Crippen LogP contribution in [0.3, 0.4) is 0 Å². The van der Waals surface area contributed by atoms with Crippen LogP contribution in [0.4, 0.5) is 0 Å². The summed E-state index contributed by atoms with van der Waals surface area (Å²) in [5.41, 5.74) is 4.61. The lowest BCUT2D eigenvalue weighted by molar-refractivity contribution is -0.149. The van der Waals surface area contributed by atoms with Gasteiger partial charge in [-0.25, -0.2) is 4.79 Å². The zero-order chi connectivity index (χ0) is 17.8. The van der Waals surface area contributed by atoms with Gasteiger partial charge in [0.1, 0.15) is 18.4 Å². The Balaban J connectivity index is 2.57. The number of ether oxygens (including phenoxy) is 2. The number of thioether (sulfide) groups is 1. The molecule has 0 aromatic carbocycles. The molecule has 1 unspecified atom stereocenters. The maximum absolute atomic E-state index is 11.9. The SMILES string of the molecule is Cc1oc(=O)oc1COC(O)SC(C)(C)[C@@H](N)C(=O)OC(C)C. The Morgan fingerprint density at radius 3 is 2.48 bits per heavy atom. The first-order valence-electron chi connectivity index (χ1n) is 7.06. The minimum absolute atomic E-state index is 0.145. The zero-order valence-electron chi connectivity index (χ0n) is 13.8. The fraction of sp³-hybridized carbons (Fsp3) is 0.714. The van der Waals surface area contributed by atoms with E-state index in [0.29, 0.717) is 0 Å². The molecule has 9 heteroatoms. The fourth-order valence-corrected chi connectivity index (χ4v) is 2.51. The molecule has 3 N–H and O–H groups in total. The lowest BCUT2D eigenvalue weighted by Gasteiger charge is -2.31. The van der Waals surface area contributed by atoms with Gasteiger partial charge in [0.15, 0.2) is 5.76 Å². The van der Waals surface area contributed by atoms with E-state index in [1.54, 1.807) is 34.6 Å². The Hall–Kier alpha value is -1.29. The standard InChI is InChI=1S/C14H23NO7S/c1-7(2)20-11(16)10(15)14(4,5)23-13(18)19-6-9-8(3)21-12(17)22-9/h7,10,13,18H,6,15H2,1-5H3/t10-,13?/m0/s1. The van der Waals surface area contributed by atoms with E-state index in [2.05, 4.69) is 4.42 Å². The van der Waals surface area contributed by atoms with Gasteiger partial charge >= 0.3 is 11.8 Å². The van der Waals surface area contributed by atoms with Crippen LogP contribution in [-0.4, -0.2) is 33.6 Å². The number of nitrogens with two attached hydrogens (primary N) is 1. The fourth-order valence-electron chi connectivity index (χ4n) is 1.61. The minimum Gasteiger partial charge on any atom is -0.462 e. The summed E-state index contributed by atoms with van der Waals surface area (Å²) < 4.78 is 18.9. The van der Waals surface area contributed by atoms with Gasteiger partial charge in [-0.2, -0.15) is 0 Å². The molecule has 132 valence electrons. The molecule has 0 radical (unpaired) electrons. The molecule has 0 fully saturated rings. The van der Waals surface area contributed by atoms with Crippen LogP contribution in [0.1, 0.15) is 39.2 Å². The first-order chi connectivity index (χ1) is 10.5. The van der Waals surface area contributed by atoms with Crippen LogP contribution in [0.5, 0.6) is 0 Å². The van der Waals surface area contributed by atoms with Crippen molar-refractivity contribution in [3.8, 4) is 0 Å². The number of carbonyl (C=O) groups excluding carboxylic acids is 1. The largest absolute Gasteiger partial charge is 0.519 e. The Morgan fingerprint density at radius 1 is 1.39 bits per heavy atom. The minimum atomic E-state index is -1.28. The smallest absolute Gasteiger partial charge is 0.462 e. The Kier molecular flexibility index (Phi) is 6.87. The predicted molar refractivity (Wildman–Crippen MR) is 83.7 cm³/mol. The third-order valence-corrected chi connectivity index (χ3v) is 4.15. The van der Waals surface area contributed by atoms with Crippen LogP contribution in [0.15, 0.2) is 13.6 Å². The average Bonchev–Trinajstić information content (AvgIpc) is 2.72. The highest BCUT2D eigenvalue weighted by Crippen LogP contribution is 2.32. The number of hydrogen-bond acceptors (Lipinski definition) is 9. The van der Waals surface area contributed by atoms with E-state index in [-0.39, 0.29) is 24.2 Å². The number of aryl methyl sites for hydroxylation is 1. The van der Waals surface area contributed by atoms with E-state index in [9.17, 15) is 14.7 Å². The van der Waals surface area contributed by atoms with Crippen molar-refractivity contribution in [2.24, 2.45) is 5.73 Å². The summed E-state index contributed by atoms with van der Waals surface area (Å²) in [7, 11) is 0. The van der Waals surface area contributed by atoms with Crippen molar-refractivity contribution in [1.82, 2.24) is 0 Å². The number of aliphatic hydroxyl groups is 1. The van der Waals surface area contributed by atoms with Crippen LogP contribution < -0.4 is 11.6 Å². The summed E-state index contributed by atoms with van der Waals surface area (Å²) in [6, 6.07) is -0.943. The van der Waals surface area contributed by atoms with Gasteiger partial charge in [0.2, 0.25) is 5.62 Å². The summed E-state index contributed by atoms with van der Waals surface area (Å²) in [6.45, 7) is 8.24. The molecule has 0 saturated heterocycles. The summed E-state index contributed by atoms with van der Waals surface area (Å²) in [6.07, 6.45) is -0.275. The monoisotopic (exact) mass is 349 g/mol. The van der Waals surface area contributed by atoms with E-state index in [1.807, 2.05) is 0 Å². The van der Waals surface area contributed by atoms with Gasteiger partial charge < -0.3 is 29.1 Å². The van der Waals surface area contributed by atoms with Crippen LogP contribution in [-0.2, 0) is 20.9 Å². The molecule has 0 saturated carbocycles. The molecule has 8 nitrogen and oxygen atoms in total. The maximum Gasteiger partial charge on any atom is 0.519 e. The molecular weight excluding hydrogens is 326 g/mol. The lowest BCUT2D eigenvalue weighted by Crippen LogP contribution is -2.49. The van der Waals surface area contributed by atoms with Crippen molar-refractivity contribution in [3.05, 3.63) is 22.1 Å². The molecule has 23 heavy (non-hydrogen) atoms. The quantitative estimate of drug-likeness (QED) is 0.524. The second-order valence-electron chi connectivity index (χ2n) is 5.74. The molecule has 0 aliphatic heterocycles. The Labute approximate surface area is 138 Å². The first-order valence-corrected chi connectivity index (χ1v) is 7.94. The predicted octanol–water partition coefficient (Wildman–Crippen LogP) is 1.12. The van der Waals surface area contributed by atoms with Gasteiger partial charge in [-0.05, 0) is 34.6 Å². The molecule has 2 atom stereocenters. The second kappa shape index (κ2) is 8.00. The van der Waals surface area contributed by atoms with E-state index in [4.69, 9.17) is 19.6 Å². The number of carbonyl (C=O) groups is 1. The molecule has 0 amide bonds. The van der Waals surface area contributed by atoms with Gasteiger partial charge in [-0.15, -0.1) is 0 Å². The van der Waals surface area contributed by atoms with Crippen LogP contribution in [0.25, 0.3) is 0 Å².